The van der Waals surface area contributed by atoms with E-state index in [9.17, 15) is 13.2 Å². The maximum Gasteiger partial charge on any atom is 0.255 e. The summed E-state index contributed by atoms with van der Waals surface area (Å²) in [5, 5.41) is 5.30. The van der Waals surface area contributed by atoms with Crippen LogP contribution in [0.2, 0.25) is 0 Å². The topological polar surface area (TPSA) is 88.6 Å². The van der Waals surface area contributed by atoms with Crippen LogP contribution >= 0.6 is 0 Å². The highest BCUT2D eigenvalue weighted by Crippen LogP contribution is 2.25. The van der Waals surface area contributed by atoms with Crippen LogP contribution in [0.5, 0.6) is 0 Å². The van der Waals surface area contributed by atoms with Gasteiger partial charge < -0.3 is 14.4 Å². The molecule has 2 aromatic rings. The van der Waals surface area contributed by atoms with E-state index in [-0.39, 0.29) is 10.8 Å². The van der Waals surface area contributed by atoms with Crippen molar-refractivity contribution in [1.29, 1.82) is 0 Å². The van der Waals surface area contributed by atoms with Crippen LogP contribution in [0.4, 0.5) is 5.69 Å². The fourth-order valence-electron chi connectivity index (χ4n) is 2.92. The second-order valence-electron chi connectivity index (χ2n) is 5.86. The standard InChI is InChI=1S/C16H20N4O3S/c1-18-7-6-13(12-18)16(21)20-10-8-19(9-11-20)14-4-2-3-5-15(14)24(17,22)23/h2-7,12H,8-11H2,1H3,(H2,17,22,23). The van der Waals surface area contributed by atoms with Crippen molar-refractivity contribution < 1.29 is 13.2 Å². The fraction of sp³-hybridized carbons (Fsp3) is 0.312. The minimum absolute atomic E-state index is 0.00465. The SMILES string of the molecule is Cn1ccc(C(=O)N2CCN(c3ccccc3S(N)(=O)=O)CC2)c1. The number of piperazine rings is 1. The number of carbonyl (C=O) groups excluding carboxylic acids is 1. The highest BCUT2D eigenvalue weighted by atomic mass is 32.2. The molecule has 0 unspecified atom stereocenters. The third-order valence-corrected chi connectivity index (χ3v) is 5.12. The van der Waals surface area contributed by atoms with E-state index < -0.39 is 10.0 Å². The van der Waals surface area contributed by atoms with Gasteiger partial charge in [-0.05, 0) is 18.2 Å². The van der Waals surface area contributed by atoms with Gasteiger partial charge in [-0.2, -0.15) is 0 Å². The zero-order valence-electron chi connectivity index (χ0n) is 13.4. The lowest BCUT2D eigenvalue weighted by Gasteiger charge is -2.36. The molecule has 0 aliphatic carbocycles. The molecule has 0 radical (unpaired) electrons. The Kier molecular flexibility index (Phi) is 4.33. The van der Waals surface area contributed by atoms with E-state index in [2.05, 4.69) is 0 Å². The lowest BCUT2D eigenvalue weighted by atomic mass is 10.2. The normalized spacial score (nSPS) is 15.6. The van der Waals surface area contributed by atoms with Crippen molar-refractivity contribution in [3.63, 3.8) is 0 Å². The molecule has 8 heteroatoms. The average molecular weight is 348 g/mol. The molecule has 1 aliphatic rings. The number of hydrogen-bond acceptors (Lipinski definition) is 4. The molecule has 24 heavy (non-hydrogen) atoms. The lowest BCUT2D eigenvalue weighted by Crippen LogP contribution is -2.49. The average Bonchev–Trinajstić information content (AvgIpc) is 3.00. The van der Waals surface area contributed by atoms with Crippen LogP contribution in [0.15, 0.2) is 47.6 Å². The van der Waals surface area contributed by atoms with E-state index in [1.165, 1.54) is 6.07 Å². The van der Waals surface area contributed by atoms with Crippen molar-refractivity contribution in [2.75, 3.05) is 31.1 Å². The van der Waals surface area contributed by atoms with Gasteiger partial charge in [-0.25, -0.2) is 13.6 Å². The van der Waals surface area contributed by atoms with Gasteiger partial charge in [0.05, 0.1) is 11.3 Å². The number of nitrogens with two attached hydrogens (primary N) is 1. The Hall–Kier alpha value is -2.32. The molecule has 3 rings (SSSR count). The summed E-state index contributed by atoms with van der Waals surface area (Å²) in [6.07, 6.45) is 3.64. The molecular formula is C16H20N4O3S. The summed E-state index contributed by atoms with van der Waals surface area (Å²) in [6, 6.07) is 8.48. The largest absolute Gasteiger partial charge is 0.367 e. The number of benzene rings is 1. The predicted octanol–water partition coefficient (Wildman–Crippen LogP) is 0.635. The highest BCUT2D eigenvalue weighted by Gasteiger charge is 2.25. The Labute approximate surface area is 141 Å². The summed E-state index contributed by atoms with van der Waals surface area (Å²) < 4.78 is 25.3. The van der Waals surface area contributed by atoms with Crippen molar-refractivity contribution in [2.45, 2.75) is 4.90 Å². The highest BCUT2D eigenvalue weighted by molar-refractivity contribution is 7.89. The molecule has 2 heterocycles. The summed E-state index contributed by atoms with van der Waals surface area (Å²) in [5.41, 5.74) is 1.25. The van der Waals surface area contributed by atoms with E-state index >= 15 is 0 Å². The van der Waals surface area contributed by atoms with Gasteiger partial charge in [0.25, 0.3) is 5.91 Å². The molecular weight excluding hydrogens is 328 g/mol. The third kappa shape index (κ3) is 3.29. The van der Waals surface area contributed by atoms with Gasteiger partial charge in [-0.15, -0.1) is 0 Å². The van der Waals surface area contributed by atoms with Crippen molar-refractivity contribution in [3.8, 4) is 0 Å². The van der Waals surface area contributed by atoms with Crippen LogP contribution in [0, 0.1) is 0 Å². The number of para-hydroxylation sites is 1. The van der Waals surface area contributed by atoms with Gasteiger partial charge in [0.2, 0.25) is 10.0 Å². The van der Waals surface area contributed by atoms with Crippen LogP contribution in [0.3, 0.4) is 0 Å². The first-order chi connectivity index (χ1) is 11.4. The zero-order chi connectivity index (χ0) is 17.3. The maximum absolute atomic E-state index is 12.5. The molecule has 0 spiro atoms. The quantitative estimate of drug-likeness (QED) is 0.881. The second kappa shape index (κ2) is 6.29. The van der Waals surface area contributed by atoms with Crippen LogP contribution in [-0.4, -0.2) is 50.0 Å². The number of amides is 1. The first-order valence-corrected chi connectivity index (χ1v) is 9.19. The molecule has 0 atom stereocenters. The summed E-state index contributed by atoms with van der Waals surface area (Å²) >= 11 is 0. The number of hydrogen-bond donors (Lipinski definition) is 1. The molecule has 0 saturated carbocycles. The van der Waals surface area contributed by atoms with Crippen LogP contribution in [0.25, 0.3) is 0 Å². The van der Waals surface area contributed by atoms with E-state index in [0.29, 0.717) is 37.4 Å². The van der Waals surface area contributed by atoms with Crippen molar-refractivity contribution in [3.05, 3.63) is 48.3 Å². The maximum atomic E-state index is 12.5. The molecule has 1 saturated heterocycles. The Morgan fingerprint density at radius 2 is 1.75 bits per heavy atom. The van der Waals surface area contributed by atoms with Crippen molar-refractivity contribution in [1.82, 2.24) is 9.47 Å². The van der Waals surface area contributed by atoms with Gasteiger partial charge in [0, 0.05) is 45.6 Å². The Balaban J connectivity index is 1.73. The number of aryl methyl sites for hydroxylation is 1. The Bertz CT molecular complexity index is 852. The molecule has 1 aliphatic heterocycles. The zero-order valence-corrected chi connectivity index (χ0v) is 14.2. The minimum Gasteiger partial charge on any atom is -0.367 e. The number of anilines is 1. The summed E-state index contributed by atoms with van der Waals surface area (Å²) in [6.45, 7) is 2.19. The molecule has 7 nitrogen and oxygen atoms in total. The predicted molar refractivity (Wildman–Crippen MR) is 91.3 cm³/mol. The number of carbonyl (C=O) groups is 1. The lowest BCUT2D eigenvalue weighted by molar-refractivity contribution is 0.0746. The third-order valence-electron chi connectivity index (χ3n) is 4.16. The van der Waals surface area contributed by atoms with Crippen molar-refractivity contribution >= 4 is 21.6 Å². The number of nitrogens with zero attached hydrogens (tertiary/aromatic N) is 3. The van der Waals surface area contributed by atoms with Crippen molar-refractivity contribution in [2.24, 2.45) is 12.2 Å². The number of primary sulfonamides is 1. The smallest absolute Gasteiger partial charge is 0.255 e. The Morgan fingerprint density at radius 1 is 1.08 bits per heavy atom. The van der Waals surface area contributed by atoms with Gasteiger partial charge >= 0.3 is 0 Å². The molecule has 1 fully saturated rings. The first-order valence-electron chi connectivity index (χ1n) is 7.64. The monoisotopic (exact) mass is 348 g/mol. The molecule has 128 valence electrons. The van der Waals surface area contributed by atoms with E-state index in [0.717, 1.165) is 0 Å². The number of rotatable bonds is 3. The first kappa shape index (κ1) is 16.5. The fourth-order valence-corrected chi connectivity index (χ4v) is 3.68. The van der Waals surface area contributed by atoms with Crippen LogP contribution < -0.4 is 10.0 Å². The minimum atomic E-state index is -3.78. The Morgan fingerprint density at radius 3 is 2.33 bits per heavy atom. The van der Waals surface area contributed by atoms with Crippen LogP contribution in [0.1, 0.15) is 10.4 Å². The number of aromatic nitrogens is 1. The summed E-state index contributed by atoms with van der Waals surface area (Å²) in [5.74, 6) is -0.00465. The molecule has 0 bridgehead atoms. The summed E-state index contributed by atoms with van der Waals surface area (Å²) in [4.78, 5) is 16.3. The molecule has 1 aromatic carbocycles. The second-order valence-corrected chi connectivity index (χ2v) is 7.39. The van der Waals surface area contributed by atoms with Gasteiger partial charge in [-0.1, -0.05) is 12.1 Å². The van der Waals surface area contributed by atoms with E-state index in [4.69, 9.17) is 5.14 Å². The van der Waals surface area contributed by atoms with Gasteiger partial charge in [0.1, 0.15) is 4.90 Å². The van der Waals surface area contributed by atoms with Crippen LogP contribution in [-0.2, 0) is 17.1 Å². The molecule has 1 amide bonds. The van der Waals surface area contributed by atoms with E-state index in [1.54, 1.807) is 35.4 Å². The molecule has 1 aromatic heterocycles. The van der Waals surface area contributed by atoms with Gasteiger partial charge in [-0.3, -0.25) is 4.79 Å². The van der Waals surface area contributed by atoms with Gasteiger partial charge in [0.15, 0.2) is 0 Å². The summed E-state index contributed by atoms with van der Waals surface area (Å²) in [7, 11) is -1.90. The van der Waals surface area contributed by atoms with E-state index in [1.807, 2.05) is 22.7 Å². The number of sulfonamides is 1. The molecule has 2 N–H and O–H groups in total.